The van der Waals surface area contributed by atoms with Crippen LogP contribution in [0.25, 0.3) is 22.5 Å². The number of piperidine rings is 1. The molecule has 5 rings (SSSR count). The van der Waals surface area contributed by atoms with Crippen LogP contribution in [-0.4, -0.2) is 53.7 Å². The molecule has 1 aliphatic heterocycles. The number of ether oxygens (including phenoxy) is 1. The number of halogens is 2. The van der Waals surface area contributed by atoms with Gasteiger partial charge in [0.2, 0.25) is 21.9 Å². The molecule has 1 aliphatic rings. The number of sulfonamides is 1. The maximum absolute atomic E-state index is 15.8. The molecule has 10 nitrogen and oxygen atoms in total. The number of rotatable bonds is 8. The van der Waals surface area contributed by atoms with Gasteiger partial charge in [0.1, 0.15) is 5.75 Å². The second kappa shape index (κ2) is 11.5. The fourth-order valence-corrected chi connectivity index (χ4v) is 5.02. The molecule has 4 aromatic rings. The Morgan fingerprint density at radius 2 is 1.90 bits per heavy atom. The molecular weight excluding hydrogens is 545 g/mol. The van der Waals surface area contributed by atoms with Gasteiger partial charge in [-0.25, -0.2) is 32.7 Å². The Labute approximate surface area is 230 Å². The first-order valence-corrected chi connectivity index (χ1v) is 14.4. The molecule has 13 heteroatoms. The normalized spacial score (nSPS) is 15.5. The standard InChI is InChI=1S/C26H25ClFN7O3S/c1-39(36,37)35-19-8-9-21(22(23(19)28)17-6-2-3-7-18(17)27)38-25-24(30-13-14-31-25)20-10-12-32-26(34-20)33-16-5-4-11-29-15-16/h2-3,6-10,12-14,16,29,35H,4-5,11,15H2,1H3,(H,32,33,34)/t16-/m0/s1. The molecule has 0 amide bonds. The van der Waals surface area contributed by atoms with E-state index in [1.54, 1.807) is 36.5 Å². The van der Waals surface area contributed by atoms with Crippen molar-refractivity contribution >= 4 is 33.3 Å². The Balaban J connectivity index is 1.54. The molecule has 0 bridgehead atoms. The van der Waals surface area contributed by atoms with Gasteiger partial charge in [-0.1, -0.05) is 29.8 Å². The highest BCUT2D eigenvalue weighted by atomic mass is 35.5. The summed E-state index contributed by atoms with van der Waals surface area (Å²) in [6.45, 7) is 1.80. The van der Waals surface area contributed by atoms with Crippen molar-refractivity contribution in [3.8, 4) is 34.1 Å². The fourth-order valence-electron chi connectivity index (χ4n) is 4.23. The summed E-state index contributed by atoms with van der Waals surface area (Å²) in [6.07, 6.45) is 7.55. The van der Waals surface area contributed by atoms with Crippen LogP contribution in [0.5, 0.6) is 11.6 Å². The van der Waals surface area contributed by atoms with E-state index in [4.69, 9.17) is 16.3 Å². The third-order valence-electron chi connectivity index (χ3n) is 5.94. The highest BCUT2D eigenvalue weighted by molar-refractivity contribution is 7.92. The third-order valence-corrected chi connectivity index (χ3v) is 6.86. The SMILES string of the molecule is CS(=O)(=O)Nc1ccc(Oc2nccnc2-c2ccnc(N[C@H]3CCCNC3)n2)c(-c2ccccc2Cl)c1F. The molecule has 1 fully saturated rings. The topological polar surface area (TPSA) is 131 Å². The summed E-state index contributed by atoms with van der Waals surface area (Å²) in [7, 11) is -3.75. The molecular formula is C26H25ClFN7O3S. The lowest BCUT2D eigenvalue weighted by Crippen LogP contribution is -2.38. The molecule has 3 N–H and O–H groups in total. The predicted molar refractivity (Wildman–Crippen MR) is 148 cm³/mol. The monoisotopic (exact) mass is 569 g/mol. The van der Waals surface area contributed by atoms with Crippen LogP contribution < -0.4 is 20.1 Å². The Kier molecular flexibility index (Phi) is 7.87. The molecule has 2 aromatic carbocycles. The minimum absolute atomic E-state index is 0.0410. The number of nitrogens with one attached hydrogen (secondary N) is 3. The average Bonchev–Trinajstić information content (AvgIpc) is 2.92. The summed E-state index contributed by atoms with van der Waals surface area (Å²) in [6, 6.07) is 11.2. The maximum atomic E-state index is 15.8. The van der Waals surface area contributed by atoms with Gasteiger partial charge in [-0.3, -0.25) is 4.72 Å². The van der Waals surface area contributed by atoms with Crippen LogP contribution >= 0.6 is 11.6 Å². The van der Waals surface area contributed by atoms with Gasteiger partial charge in [0, 0.05) is 41.8 Å². The molecule has 0 unspecified atom stereocenters. The molecule has 3 heterocycles. The zero-order chi connectivity index (χ0) is 27.4. The maximum Gasteiger partial charge on any atom is 0.247 e. The first kappa shape index (κ1) is 26.7. The number of anilines is 2. The first-order chi connectivity index (χ1) is 18.8. The minimum atomic E-state index is -3.75. The lowest BCUT2D eigenvalue weighted by atomic mass is 10.0. The third kappa shape index (κ3) is 6.41. The van der Waals surface area contributed by atoms with Crippen LogP contribution in [0.15, 0.2) is 61.1 Å². The summed E-state index contributed by atoms with van der Waals surface area (Å²) in [5, 5.41) is 6.93. The second-order valence-electron chi connectivity index (χ2n) is 8.92. The quantitative estimate of drug-likeness (QED) is 0.276. The van der Waals surface area contributed by atoms with Crippen LogP contribution in [0.3, 0.4) is 0 Å². The summed E-state index contributed by atoms with van der Waals surface area (Å²) >= 11 is 6.40. The molecule has 0 radical (unpaired) electrons. The summed E-state index contributed by atoms with van der Waals surface area (Å²) in [5.74, 6) is -0.289. The zero-order valence-corrected chi connectivity index (χ0v) is 22.4. The van der Waals surface area contributed by atoms with Gasteiger partial charge < -0.3 is 15.4 Å². The van der Waals surface area contributed by atoms with E-state index in [0.717, 1.165) is 32.2 Å². The number of nitrogens with zero attached hydrogens (tertiary/aromatic N) is 4. The summed E-state index contributed by atoms with van der Waals surface area (Å²) in [5.41, 5.74) is 0.787. The van der Waals surface area contributed by atoms with Gasteiger partial charge in [-0.05, 0) is 43.7 Å². The van der Waals surface area contributed by atoms with Gasteiger partial charge in [-0.2, -0.15) is 0 Å². The van der Waals surface area contributed by atoms with Crippen LogP contribution in [-0.2, 0) is 10.0 Å². The number of hydrogen-bond acceptors (Lipinski definition) is 9. The van der Waals surface area contributed by atoms with Gasteiger partial charge in [0.25, 0.3) is 0 Å². The number of aromatic nitrogens is 4. The zero-order valence-electron chi connectivity index (χ0n) is 20.9. The summed E-state index contributed by atoms with van der Waals surface area (Å²) in [4.78, 5) is 17.7. The van der Waals surface area contributed by atoms with E-state index in [9.17, 15) is 8.42 Å². The van der Waals surface area contributed by atoms with Gasteiger partial charge >= 0.3 is 0 Å². The Bertz CT molecular complexity index is 1600. The molecule has 0 saturated carbocycles. The van der Waals surface area contributed by atoms with E-state index in [0.29, 0.717) is 22.9 Å². The van der Waals surface area contributed by atoms with Crippen molar-refractivity contribution in [3.05, 3.63) is 71.9 Å². The van der Waals surface area contributed by atoms with Gasteiger partial charge in [0.05, 0.1) is 23.2 Å². The second-order valence-corrected chi connectivity index (χ2v) is 11.1. The first-order valence-electron chi connectivity index (χ1n) is 12.1. The Morgan fingerprint density at radius 3 is 2.67 bits per heavy atom. The smallest absolute Gasteiger partial charge is 0.247 e. The Hall–Kier alpha value is -3.87. The average molecular weight is 570 g/mol. The van der Waals surface area contributed by atoms with Crippen LogP contribution in [0.4, 0.5) is 16.0 Å². The molecule has 1 saturated heterocycles. The van der Waals surface area contributed by atoms with Gasteiger partial charge in [0.15, 0.2) is 11.5 Å². The van der Waals surface area contributed by atoms with E-state index in [-0.39, 0.29) is 33.9 Å². The highest BCUT2D eigenvalue weighted by Gasteiger charge is 2.23. The van der Waals surface area contributed by atoms with E-state index in [1.165, 1.54) is 24.5 Å². The van der Waals surface area contributed by atoms with Crippen LogP contribution in [0.1, 0.15) is 12.8 Å². The molecule has 2 aromatic heterocycles. The minimum Gasteiger partial charge on any atom is -0.436 e. The predicted octanol–water partition coefficient (Wildman–Crippen LogP) is 4.72. The van der Waals surface area contributed by atoms with Crippen molar-refractivity contribution < 1.29 is 17.5 Å². The van der Waals surface area contributed by atoms with Gasteiger partial charge in [-0.15, -0.1) is 0 Å². The van der Waals surface area contributed by atoms with Crippen molar-refractivity contribution in [3.63, 3.8) is 0 Å². The van der Waals surface area contributed by atoms with E-state index >= 15 is 4.39 Å². The molecule has 0 aliphatic carbocycles. The lowest BCUT2D eigenvalue weighted by Gasteiger charge is -2.23. The number of hydrogen-bond donors (Lipinski definition) is 3. The Morgan fingerprint density at radius 1 is 1.08 bits per heavy atom. The van der Waals surface area contributed by atoms with Crippen molar-refractivity contribution in [1.82, 2.24) is 25.3 Å². The van der Waals surface area contributed by atoms with Crippen LogP contribution in [0.2, 0.25) is 5.02 Å². The molecule has 202 valence electrons. The molecule has 39 heavy (non-hydrogen) atoms. The highest BCUT2D eigenvalue weighted by Crippen LogP contribution is 2.42. The van der Waals surface area contributed by atoms with Crippen molar-refractivity contribution in [2.24, 2.45) is 0 Å². The van der Waals surface area contributed by atoms with Crippen molar-refractivity contribution in [2.45, 2.75) is 18.9 Å². The molecule has 1 atom stereocenters. The van der Waals surface area contributed by atoms with E-state index < -0.39 is 15.8 Å². The lowest BCUT2D eigenvalue weighted by molar-refractivity contribution is 0.460. The number of benzene rings is 2. The van der Waals surface area contributed by atoms with E-state index in [1.807, 2.05) is 0 Å². The summed E-state index contributed by atoms with van der Waals surface area (Å²) < 4.78 is 47.8. The van der Waals surface area contributed by atoms with Crippen molar-refractivity contribution in [1.29, 1.82) is 0 Å². The van der Waals surface area contributed by atoms with E-state index in [2.05, 4.69) is 35.3 Å². The molecule has 0 spiro atoms. The largest absolute Gasteiger partial charge is 0.436 e. The fraction of sp³-hybridized carbons (Fsp3) is 0.231. The van der Waals surface area contributed by atoms with Crippen LogP contribution in [0, 0.1) is 5.82 Å². The van der Waals surface area contributed by atoms with Crippen molar-refractivity contribution in [2.75, 3.05) is 29.4 Å².